The quantitative estimate of drug-likeness (QED) is 0.635. The lowest BCUT2D eigenvalue weighted by atomic mass is 10.1. The SMILES string of the molecule is COc1nc(Nc2cc(O[C@H]3CCCN(C)C3)c(C)cc2C=N)cc(N2CCOCC2)n1. The average molecular weight is 441 g/mol. The van der Waals surface area contributed by atoms with E-state index < -0.39 is 0 Å². The van der Waals surface area contributed by atoms with Crippen LogP contribution in [0.5, 0.6) is 11.8 Å². The number of hydrogen-bond acceptors (Lipinski definition) is 9. The first-order valence-corrected chi connectivity index (χ1v) is 11.1. The van der Waals surface area contributed by atoms with E-state index in [2.05, 4.69) is 32.1 Å². The van der Waals surface area contributed by atoms with E-state index in [0.29, 0.717) is 25.0 Å². The van der Waals surface area contributed by atoms with Crippen molar-refractivity contribution in [2.75, 3.05) is 63.8 Å². The number of anilines is 3. The summed E-state index contributed by atoms with van der Waals surface area (Å²) in [6.45, 7) is 6.92. The summed E-state index contributed by atoms with van der Waals surface area (Å²) in [5.74, 6) is 2.22. The molecule has 4 rings (SSSR count). The molecule has 1 aromatic heterocycles. The maximum atomic E-state index is 7.89. The molecular formula is C23H32N6O3. The molecule has 1 atom stereocenters. The van der Waals surface area contributed by atoms with E-state index in [1.165, 1.54) is 6.21 Å². The number of rotatable bonds is 7. The first-order valence-electron chi connectivity index (χ1n) is 11.1. The fourth-order valence-corrected chi connectivity index (χ4v) is 4.12. The molecule has 2 fully saturated rings. The Morgan fingerprint density at radius 2 is 2.00 bits per heavy atom. The number of piperidine rings is 1. The first-order chi connectivity index (χ1) is 15.6. The van der Waals surface area contributed by atoms with Gasteiger partial charge in [0.1, 0.15) is 23.5 Å². The van der Waals surface area contributed by atoms with Gasteiger partial charge in [-0.25, -0.2) is 0 Å². The number of nitrogens with one attached hydrogen (secondary N) is 2. The number of hydrogen-bond donors (Lipinski definition) is 2. The third-order valence-electron chi connectivity index (χ3n) is 5.85. The van der Waals surface area contributed by atoms with Crippen molar-refractivity contribution < 1.29 is 14.2 Å². The highest BCUT2D eigenvalue weighted by atomic mass is 16.5. The van der Waals surface area contributed by atoms with Gasteiger partial charge in [0.15, 0.2) is 0 Å². The second kappa shape index (κ2) is 10.1. The minimum atomic E-state index is 0.165. The number of ether oxygens (including phenoxy) is 3. The molecule has 1 aromatic carbocycles. The van der Waals surface area contributed by atoms with E-state index in [4.69, 9.17) is 19.6 Å². The highest BCUT2D eigenvalue weighted by molar-refractivity contribution is 5.88. The second-order valence-corrected chi connectivity index (χ2v) is 8.32. The first kappa shape index (κ1) is 22.3. The molecule has 0 spiro atoms. The lowest BCUT2D eigenvalue weighted by Crippen LogP contribution is -2.38. The smallest absolute Gasteiger partial charge is 0.320 e. The van der Waals surface area contributed by atoms with Gasteiger partial charge in [-0.2, -0.15) is 9.97 Å². The van der Waals surface area contributed by atoms with Crippen molar-refractivity contribution in [2.24, 2.45) is 0 Å². The van der Waals surface area contributed by atoms with E-state index in [0.717, 1.165) is 67.4 Å². The van der Waals surface area contributed by atoms with Crippen molar-refractivity contribution >= 4 is 23.5 Å². The van der Waals surface area contributed by atoms with E-state index >= 15 is 0 Å². The zero-order chi connectivity index (χ0) is 22.5. The van der Waals surface area contributed by atoms with Gasteiger partial charge in [-0.05, 0) is 45.0 Å². The van der Waals surface area contributed by atoms with Gasteiger partial charge in [0.05, 0.1) is 26.0 Å². The molecular weight excluding hydrogens is 408 g/mol. The van der Waals surface area contributed by atoms with Gasteiger partial charge in [-0.1, -0.05) is 0 Å². The number of nitrogens with zero attached hydrogens (tertiary/aromatic N) is 4. The summed E-state index contributed by atoms with van der Waals surface area (Å²) in [6.07, 6.45) is 3.69. The summed E-state index contributed by atoms with van der Waals surface area (Å²) in [7, 11) is 3.69. The highest BCUT2D eigenvalue weighted by Crippen LogP contribution is 2.31. The number of morpholine rings is 1. The third kappa shape index (κ3) is 5.28. The molecule has 2 aliphatic heterocycles. The molecule has 0 unspecified atom stereocenters. The lowest BCUT2D eigenvalue weighted by molar-refractivity contribution is 0.104. The molecule has 2 saturated heterocycles. The molecule has 0 amide bonds. The van der Waals surface area contributed by atoms with Gasteiger partial charge in [0.25, 0.3) is 0 Å². The maximum absolute atomic E-state index is 7.89. The Morgan fingerprint density at radius 1 is 1.19 bits per heavy atom. The van der Waals surface area contributed by atoms with Crippen LogP contribution in [0.3, 0.4) is 0 Å². The van der Waals surface area contributed by atoms with Crippen LogP contribution in [0, 0.1) is 12.3 Å². The Labute approximate surface area is 189 Å². The molecule has 2 aliphatic rings. The van der Waals surface area contributed by atoms with Crippen molar-refractivity contribution in [3.8, 4) is 11.8 Å². The lowest BCUT2D eigenvalue weighted by Gasteiger charge is -2.30. The Morgan fingerprint density at radius 3 is 2.72 bits per heavy atom. The van der Waals surface area contributed by atoms with Gasteiger partial charge >= 0.3 is 6.01 Å². The van der Waals surface area contributed by atoms with Crippen LogP contribution in [0.25, 0.3) is 0 Å². The van der Waals surface area contributed by atoms with Crippen molar-refractivity contribution in [1.82, 2.24) is 14.9 Å². The minimum absolute atomic E-state index is 0.165. The standard InChI is InChI=1S/C23H32N6O3/c1-16-11-17(14-24)19(12-20(16)32-18-5-4-6-28(2)15-18)25-21-13-22(27-23(26-21)30-3)29-7-9-31-10-8-29/h11-14,18,24H,4-10,15H2,1-3H3,(H,25,26,27)/t18-/m0/s1. The summed E-state index contributed by atoms with van der Waals surface area (Å²) < 4.78 is 17.2. The molecule has 0 aliphatic carbocycles. The fourth-order valence-electron chi connectivity index (χ4n) is 4.12. The normalized spacial score (nSPS) is 19.5. The van der Waals surface area contributed by atoms with Crippen LogP contribution in [0.15, 0.2) is 18.2 Å². The van der Waals surface area contributed by atoms with Gasteiger partial charge in [0.2, 0.25) is 0 Å². The monoisotopic (exact) mass is 440 g/mol. The maximum Gasteiger partial charge on any atom is 0.320 e. The highest BCUT2D eigenvalue weighted by Gasteiger charge is 2.21. The topological polar surface area (TPSA) is 95.8 Å². The van der Waals surface area contributed by atoms with Gasteiger partial charge in [-0.3, -0.25) is 0 Å². The van der Waals surface area contributed by atoms with Crippen molar-refractivity contribution in [2.45, 2.75) is 25.9 Å². The zero-order valence-electron chi connectivity index (χ0n) is 19.1. The molecule has 32 heavy (non-hydrogen) atoms. The molecule has 172 valence electrons. The van der Waals surface area contributed by atoms with Crippen LogP contribution in [-0.4, -0.2) is 80.7 Å². The van der Waals surface area contributed by atoms with Gasteiger partial charge in [-0.15, -0.1) is 0 Å². The van der Waals surface area contributed by atoms with Crippen LogP contribution >= 0.6 is 0 Å². The Balaban J connectivity index is 1.60. The van der Waals surface area contributed by atoms with E-state index in [-0.39, 0.29) is 6.10 Å². The molecule has 2 aromatic rings. The number of benzene rings is 1. The molecule has 0 bridgehead atoms. The molecule has 9 nitrogen and oxygen atoms in total. The summed E-state index contributed by atoms with van der Waals surface area (Å²) in [6, 6.07) is 6.13. The average Bonchev–Trinajstić information content (AvgIpc) is 2.81. The summed E-state index contributed by atoms with van der Waals surface area (Å²) >= 11 is 0. The predicted molar refractivity (Wildman–Crippen MR) is 125 cm³/mol. The van der Waals surface area contributed by atoms with Crippen LogP contribution in [0.4, 0.5) is 17.3 Å². The van der Waals surface area contributed by atoms with Gasteiger partial charge in [0, 0.05) is 43.5 Å². The molecule has 2 N–H and O–H groups in total. The van der Waals surface area contributed by atoms with Crippen molar-refractivity contribution in [3.05, 3.63) is 29.3 Å². The Kier molecular flexibility index (Phi) is 7.06. The molecule has 9 heteroatoms. The summed E-state index contributed by atoms with van der Waals surface area (Å²) in [5.41, 5.74) is 2.54. The van der Waals surface area contributed by atoms with Crippen molar-refractivity contribution in [1.29, 1.82) is 5.41 Å². The van der Waals surface area contributed by atoms with Gasteiger partial charge < -0.3 is 34.7 Å². The summed E-state index contributed by atoms with van der Waals surface area (Å²) in [4.78, 5) is 13.4. The minimum Gasteiger partial charge on any atom is -0.489 e. The number of methoxy groups -OCH3 is 1. The Bertz CT molecular complexity index is 948. The van der Waals surface area contributed by atoms with Crippen LogP contribution < -0.4 is 19.7 Å². The number of likely N-dealkylation sites (N-methyl/N-ethyl adjacent to an activating group) is 1. The van der Waals surface area contributed by atoms with Crippen molar-refractivity contribution in [3.63, 3.8) is 0 Å². The Hall–Kier alpha value is -2.91. The molecule has 0 saturated carbocycles. The number of aryl methyl sites for hydroxylation is 1. The van der Waals surface area contributed by atoms with E-state index in [9.17, 15) is 0 Å². The van der Waals surface area contributed by atoms with E-state index in [1.54, 1.807) is 7.11 Å². The van der Waals surface area contributed by atoms with Crippen LogP contribution in [0.1, 0.15) is 24.0 Å². The third-order valence-corrected chi connectivity index (χ3v) is 5.85. The molecule has 3 heterocycles. The second-order valence-electron chi connectivity index (χ2n) is 8.32. The largest absolute Gasteiger partial charge is 0.489 e. The zero-order valence-corrected chi connectivity index (χ0v) is 19.1. The summed E-state index contributed by atoms with van der Waals surface area (Å²) in [5, 5.41) is 11.2. The van der Waals surface area contributed by atoms with E-state index in [1.807, 2.05) is 25.1 Å². The molecule has 0 radical (unpaired) electrons. The number of likely N-dealkylation sites (tertiary alicyclic amines) is 1. The number of aromatic nitrogens is 2. The fraction of sp³-hybridized carbons (Fsp3) is 0.522. The predicted octanol–water partition coefficient (Wildman–Crippen LogP) is 2.84. The van der Waals surface area contributed by atoms with Crippen LogP contribution in [0.2, 0.25) is 0 Å². The van der Waals surface area contributed by atoms with Crippen LogP contribution in [-0.2, 0) is 4.74 Å².